The van der Waals surface area contributed by atoms with E-state index in [1.54, 1.807) is 0 Å². The molecule has 5 nitrogen and oxygen atoms in total. The summed E-state index contributed by atoms with van der Waals surface area (Å²) >= 11 is 6.49. The van der Waals surface area contributed by atoms with Gasteiger partial charge in [0.15, 0.2) is 11.5 Å². The topological polar surface area (TPSA) is 28.2 Å². The van der Waals surface area contributed by atoms with Crippen molar-refractivity contribution >= 4 is 11.6 Å². The highest BCUT2D eigenvalue weighted by Gasteiger charge is 2.28. The third-order valence-electron chi connectivity index (χ3n) is 6.75. The molecule has 1 aromatic carbocycles. The predicted octanol–water partition coefficient (Wildman–Crippen LogP) is 3.70. The number of piperidine rings is 2. The van der Waals surface area contributed by atoms with Crippen LogP contribution in [0.4, 0.5) is 0 Å². The van der Waals surface area contributed by atoms with E-state index in [4.69, 9.17) is 21.1 Å². The molecule has 6 heteroatoms. The van der Waals surface area contributed by atoms with E-state index in [0.29, 0.717) is 6.79 Å². The zero-order valence-electron chi connectivity index (χ0n) is 17.3. The normalized spacial score (nSPS) is 22.3. The summed E-state index contributed by atoms with van der Waals surface area (Å²) in [5.74, 6) is 2.37. The number of hydrogen-bond acceptors (Lipinski definition) is 5. The molecule has 0 saturated carbocycles. The number of nitrogens with zero attached hydrogens (tertiary/aromatic N) is 3. The predicted molar refractivity (Wildman–Crippen MR) is 113 cm³/mol. The van der Waals surface area contributed by atoms with Crippen molar-refractivity contribution in [2.45, 2.75) is 45.2 Å². The fourth-order valence-electron chi connectivity index (χ4n) is 4.85. The van der Waals surface area contributed by atoms with Crippen molar-refractivity contribution in [2.24, 2.45) is 5.92 Å². The molecule has 1 aromatic rings. The third-order valence-corrected chi connectivity index (χ3v) is 7.10. The SMILES string of the molecule is CCN(Cc1cc2c(cc1Cl)OCO2)CC1CCN(C2CCN(C)CC2)CC1. The van der Waals surface area contributed by atoms with E-state index in [1.165, 1.54) is 51.9 Å². The molecule has 4 rings (SSSR count). The van der Waals surface area contributed by atoms with Gasteiger partial charge in [-0.05, 0) is 83.0 Å². The minimum absolute atomic E-state index is 0.294. The van der Waals surface area contributed by atoms with E-state index >= 15 is 0 Å². The monoisotopic (exact) mass is 407 g/mol. The fraction of sp³-hybridized carbons (Fsp3) is 0.727. The summed E-state index contributed by atoms with van der Waals surface area (Å²) in [5, 5.41) is 0.778. The summed E-state index contributed by atoms with van der Waals surface area (Å²) in [6.45, 7) is 10.7. The number of rotatable bonds is 6. The van der Waals surface area contributed by atoms with Gasteiger partial charge in [0.2, 0.25) is 6.79 Å². The second kappa shape index (κ2) is 9.21. The van der Waals surface area contributed by atoms with E-state index in [2.05, 4.69) is 34.7 Å². The van der Waals surface area contributed by atoms with Crippen LogP contribution in [0.1, 0.15) is 38.2 Å². The van der Waals surface area contributed by atoms with Gasteiger partial charge < -0.3 is 19.3 Å². The van der Waals surface area contributed by atoms with Gasteiger partial charge in [-0.1, -0.05) is 18.5 Å². The lowest BCUT2D eigenvalue weighted by Gasteiger charge is -2.41. The van der Waals surface area contributed by atoms with Crippen LogP contribution in [0, 0.1) is 5.92 Å². The van der Waals surface area contributed by atoms with Crippen molar-refractivity contribution in [3.8, 4) is 11.5 Å². The molecule has 28 heavy (non-hydrogen) atoms. The first-order valence-electron chi connectivity index (χ1n) is 10.9. The van der Waals surface area contributed by atoms with Gasteiger partial charge in [-0.15, -0.1) is 0 Å². The Balaban J connectivity index is 1.28. The molecule has 0 spiro atoms. The quantitative estimate of drug-likeness (QED) is 0.717. The first-order valence-corrected chi connectivity index (χ1v) is 11.2. The van der Waals surface area contributed by atoms with Crippen molar-refractivity contribution in [1.82, 2.24) is 14.7 Å². The maximum atomic E-state index is 6.49. The highest BCUT2D eigenvalue weighted by Crippen LogP contribution is 2.37. The van der Waals surface area contributed by atoms with Gasteiger partial charge in [0.1, 0.15) is 0 Å². The van der Waals surface area contributed by atoms with Crippen molar-refractivity contribution in [2.75, 3.05) is 53.1 Å². The van der Waals surface area contributed by atoms with Crippen LogP contribution in [0.2, 0.25) is 5.02 Å². The molecule has 0 bridgehead atoms. The summed E-state index contributed by atoms with van der Waals surface area (Å²) < 4.78 is 11.0. The highest BCUT2D eigenvalue weighted by atomic mass is 35.5. The second-order valence-corrected chi connectivity index (χ2v) is 9.05. The Kier molecular flexibility index (Phi) is 6.66. The molecule has 0 amide bonds. The lowest BCUT2D eigenvalue weighted by Crippen LogP contribution is -2.47. The Morgan fingerprint density at radius 3 is 2.39 bits per heavy atom. The Morgan fingerprint density at radius 1 is 1.04 bits per heavy atom. The summed E-state index contributed by atoms with van der Waals surface area (Å²) in [6, 6.07) is 4.76. The molecule has 0 unspecified atom stereocenters. The number of hydrogen-bond donors (Lipinski definition) is 0. The molecule has 2 saturated heterocycles. The molecule has 0 N–H and O–H groups in total. The molecule has 0 aliphatic carbocycles. The van der Waals surface area contributed by atoms with Crippen LogP contribution in [0.15, 0.2) is 12.1 Å². The molecular formula is C22H34ClN3O2. The summed E-state index contributed by atoms with van der Waals surface area (Å²) in [7, 11) is 2.24. The molecule has 2 fully saturated rings. The van der Waals surface area contributed by atoms with Crippen LogP contribution in [0.3, 0.4) is 0 Å². The summed E-state index contributed by atoms with van der Waals surface area (Å²) in [6.07, 6.45) is 5.31. The zero-order valence-corrected chi connectivity index (χ0v) is 18.1. The lowest BCUT2D eigenvalue weighted by molar-refractivity contribution is 0.0746. The Hall–Kier alpha value is -1.01. The molecule has 156 valence electrons. The maximum absolute atomic E-state index is 6.49. The molecular weight excluding hydrogens is 374 g/mol. The molecule has 3 heterocycles. The van der Waals surface area contributed by atoms with Gasteiger partial charge in [-0.3, -0.25) is 4.90 Å². The first-order chi connectivity index (χ1) is 13.6. The van der Waals surface area contributed by atoms with E-state index in [-0.39, 0.29) is 0 Å². The highest BCUT2D eigenvalue weighted by molar-refractivity contribution is 6.31. The van der Waals surface area contributed by atoms with Crippen molar-refractivity contribution in [3.63, 3.8) is 0 Å². The van der Waals surface area contributed by atoms with Gasteiger partial charge in [0, 0.05) is 30.2 Å². The van der Waals surface area contributed by atoms with Gasteiger partial charge in [0.05, 0.1) is 0 Å². The Morgan fingerprint density at radius 2 is 1.71 bits per heavy atom. The average molecular weight is 408 g/mol. The van der Waals surface area contributed by atoms with Crippen molar-refractivity contribution < 1.29 is 9.47 Å². The Labute approximate surface area is 174 Å². The standard InChI is InChI=1S/C22H34ClN3O2/c1-3-25(15-18-12-21-22(13-20(18)23)28-16-27-21)14-17-4-10-26(11-5-17)19-6-8-24(2)9-7-19/h12-13,17,19H,3-11,14-16H2,1-2H3. The first kappa shape index (κ1) is 20.3. The average Bonchev–Trinajstić information content (AvgIpc) is 3.16. The van der Waals surface area contributed by atoms with Gasteiger partial charge >= 0.3 is 0 Å². The van der Waals surface area contributed by atoms with Crippen molar-refractivity contribution in [1.29, 1.82) is 0 Å². The van der Waals surface area contributed by atoms with E-state index < -0.39 is 0 Å². The van der Waals surface area contributed by atoms with Crippen LogP contribution >= 0.6 is 11.6 Å². The number of halogens is 1. The third kappa shape index (κ3) is 4.76. The minimum Gasteiger partial charge on any atom is -0.454 e. The molecule has 0 atom stereocenters. The summed E-state index contributed by atoms with van der Waals surface area (Å²) in [5.41, 5.74) is 1.14. The number of likely N-dealkylation sites (tertiary alicyclic amines) is 2. The van der Waals surface area contributed by atoms with Crippen LogP contribution in [-0.2, 0) is 6.54 Å². The maximum Gasteiger partial charge on any atom is 0.231 e. The van der Waals surface area contributed by atoms with Crippen LogP contribution < -0.4 is 9.47 Å². The van der Waals surface area contributed by atoms with Crippen LogP contribution in [0.25, 0.3) is 0 Å². The molecule has 0 aromatic heterocycles. The zero-order chi connectivity index (χ0) is 19.5. The van der Waals surface area contributed by atoms with E-state index in [0.717, 1.165) is 53.7 Å². The van der Waals surface area contributed by atoms with Gasteiger partial charge in [-0.25, -0.2) is 0 Å². The summed E-state index contributed by atoms with van der Waals surface area (Å²) in [4.78, 5) is 7.75. The lowest BCUT2D eigenvalue weighted by atomic mass is 9.93. The van der Waals surface area contributed by atoms with Crippen molar-refractivity contribution in [3.05, 3.63) is 22.7 Å². The van der Waals surface area contributed by atoms with Gasteiger partial charge in [-0.2, -0.15) is 0 Å². The number of ether oxygens (including phenoxy) is 2. The Bertz CT molecular complexity index is 655. The molecule has 0 radical (unpaired) electrons. The van der Waals surface area contributed by atoms with E-state index in [9.17, 15) is 0 Å². The second-order valence-electron chi connectivity index (χ2n) is 8.64. The van der Waals surface area contributed by atoms with Gasteiger partial charge in [0.25, 0.3) is 0 Å². The van der Waals surface area contributed by atoms with E-state index in [1.807, 2.05) is 6.07 Å². The van der Waals surface area contributed by atoms with Crippen LogP contribution in [-0.4, -0.2) is 73.9 Å². The van der Waals surface area contributed by atoms with Crippen LogP contribution in [0.5, 0.6) is 11.5 Å². The molecule has 3 aliphatic rings. The number of fused-ring (bicyclic) bond motifs is 1. The fourth-order valence-corrected chi connectivity index (χ4v) is 5.07. The molecule has 3 aliphatic heterocycles. The minimum atomic E-state index is 0.294. The number of benzene rings is 1. The smallest absolute Gasteiger partial charge is 0.231 e. The largest absolute Gasteiger partial charge is 0.454 e.